The Morgan fingerprint density at radius 2 is 2.00 bits per heavy atom. The van der Waals surface area contributed by atoms with Gasteiger partial charge < -0.3 is 4.74 Å². The molecule has 1 unspecified atom stereocenters. The molecule has 1 aliphatic heterocycles. The van der Waals surface area contributed by atoms with Crippen LogP contribution in [0.4, 0.5) is 8.78 Å². The van der Waals surface area contributed by atoms with Crippen LogP contribution in [0, 0.1) is 18.8 Å². The molecule has 144 valence electrons. The molecule has 3 rings (SSSR count). The number of aryl methyl sites for hydroxylation is 1. The first-order chi connectivity index (χ1) is 13.3. The molecule has 28 heavy (non-hydrogen) atoms. The molecule has 0 spiro atoms. The van der Waals surface area contributed by atoms with E-state index in [-0.39, 0.29) is 17.6 Å². The van der Waals surface area contributed by atoms with Gasteiger partial charge in [0.1, 0.15) is 11.4 Å². The van der Waals surface area contributed by atoms with Gasteiger partial charge in [-0.25, -0.2) is 9.88 Å². The second kappa shape index (κ2) is 7.27. The predicted molar refractivity (Wildman–Crippen MR) is 98.3 cm³/mol. The number of carbonyl (C=O) groups excluding carboxylic acids is 1. The van der Waals surface area contributed by atoms with Gasteiger partial charge >= 0.3 is 18.5 Å². The average molecular weight is 385 g/mol. The van der Waals surface area contributed by atoms with Crippen LogP contribution in [0.1, 0.15) is 29.3 Å². The van der Waals surface area contributed by atoms with E-state index in [4.69, 9.17) is 5.73 Å². The number of amides is 1. The minimum Gasteiger partial charge on any atom is -0.435 e. The molecule has 1 amide bonds. The summed E-state index contributed by atoms with van der Waals surface area (Å²) in [5.41, 5.74) is 6.73. The highest BCUT2D eigenvalue weighted by atomic mass is 19.3. The van der Waals surface area contributed by atoms with Crippen molar-refractivity contribution < 1.29 is 23.3 Å². The Labute approximate surface area is 161 Å². The Bertz CT molecular complexity index is 1030. The van der Waals surface area contributed by atoms with Gasteiger partial charge in [0.25, 0.3) is 0 Å². The zero-order valence-corrected chi connectivity index (χ0v) is 15.6. The number of benzene rings is 1. The van der Waals surface area contributed by atoms with Crippen molar-refractivity contribution >= 4 is 11.9 Å². The number of ether oxygens (including phenoxy) is 1. The van der Waals surface area contributed by atoms with Gasteiger partial charge in [0.15, 0.2) is 0 Å². The van der Waals surface area contributed by atoms with Crippen molar-refractivity contribution in [2.75, 3.05) is 7.05 Å². The molecule has 8 heteroatoms. The first-order valence-corrected chi connectivity index (χ1v) is 8.43. The summed E-state index contributed by atoms with van der Waals surface area (Å²) in [4.78, 5) is 21.8. The summed E-state index contributed by atoms with van der Waals surface area (Å²) in [7, 11) is 1.56. The number of carbonyl (C=O) groups is 1. The van der Waals surface area contributed by atoms with Crippen molar-refractivity contribution in [1.29, 1.82) is 0 Å². The summed E-state index contributed by atoms with van der Waals surface area (Å²) in [5, 5.41) is 0. The highest BCUT2D eigenvalue weighted by Crippen LogP contribution is 2.32. The summed E-state index contributed by atoms with van der Waals surface area (Å²) < 4.78 is 29.7. The molecule has 1 aromatic carbocycles. The van der Waals surface area contributed by atoms with E-state index < -0.39 is 12.2 Å². The van der Waals surface area contributed by atoms with E-state index in [1.807, 2.05) is 0 Å². The van der Waals surface area contributed by atoms with Crippen LogP contribution in [-0.2, 0) is 10.3 Å². The molecule has 0 fully saturated rings. The van der Waals surface area contributed by atoms with E-state index in [0.717, 1.165) is 0 Å². The topological polar surface area (TPSA) is 82.4 Å². The number of aromatic nitrogens is 1. The lowest BCUT2D eigenvalue weighted by molar-refractivity contribution is -0.525. The number of alkyl halides is 2. The van der Waals surface area contributed by atoms with Crippen molar-refractivity contribution in [1.82, 2.24) is 9.88 Å². The number of halogens is 2. The van der Waals surface area contributed by atoms with Crippen LogP contribution in [-0.4, -0.2) is 35.4 Å². The van der Waals surface area contributed by atoms with Crippen LogP contribution in [0.15, 0.2) is 36.5 Å². The summed E-state index contributed by atoms with van der Waals surface area (Å²) in [6.07, 6.45) is 1.56. The van der Waals surface area contributed by atoms with Gasteiger partial charge in [-0.3, -0.25) is 15.5 Å². The SMILES string of the molecule is CC#Cc1cc(C2(c3ccc(OC(F)F)c(C)c3)[NH+]=C(N)N(C)C2=O)ccn1. The first kappa shape index (κ1) is 19.3. The molecule has 2 aromatic rings. The fourth-order valence-corrected chi connectivity index (χ4v) is 3.22. The highest BCUT2D eigenvalue weighted by Gasteiger charge is 2.54. The van der Waals surface area contributed by atoms with Gasteiger partial charge in [0.2, 0.25) is 5.54 Å². The van der Waals surface area contributed by atoms with E-state index in [2.05, 4.69) is 26.6 Å². The van der Waals surface area contributed by atoms with Gasteiger partial charge in [-0.15, -0.1) is 0 Å². The van der Waals surface area contributed by atoms with Crippen molar-refractivity contribution in [3.63, 3.8) is 0 Å². The Kier molecular flexibility index (Phi) is 5.01. The zero-order chi connectivity index (χ0) is 20.5. The molecule has 0 saturated heterocycles. The van der Waals surface area contributed by atoms with Crippen LogP contribution >= 0.6 is 0 Å². The number of pyridine rings is 1. The van der Waals surface area contributed by atoms with Crippen LogP contribution in [0.5, 0.6) is 5.75 Å². The largest absolute Gasteiger partial charge is 0.435 e. The van der Waals surface area contributed by atoms with Crippen LogP contribution < -0.4 is 15.5 Å². The van der Waals surface area contributed by atoms with Gasteiger partial charge in [-0.1, -0.05) is 12.0 Å². The number of nitrogens with two attached hydrogens (primary N) is 1. The van der Waals surface area contributed by atoms with Gasteiger partial charge in [-0.2, -0.15) is 8.78 Å². The summed E-state index contributed by atoms with van der Waals surface area (Å²) in [5.74, 6) is 5.54. The number of rotatable bonds is 4. The molecule has 6 nitrogen and oxygen atoms in total. The Morgan fingerprint density at radius 1 is 1.29 bits per heavy atom. The lowest BCUT2D eigenvalue weighted by Crippen LogP contribution is -2.85. The number of guanidine groups is 1. The Hall–Kier alpha value is -3.47. The molecule has 1 aromatic heterocycles. The molecule has 2 heterocycles. The lowest BCUT2D eigenvalue weighted by atomic mass is 9.82. The standard InChI is InChI=1S/C20H18F2N4O2/c1-4-5-15-11-14(8-9-24-15)20(17(27)26(3)19(23)25-20)13-6-7-16(12(2)10-13)28-18(21)22/h6-11,18H,1-3H3,(H2,23,25)/p+1. The van der Waals surface area contributed by atoms with E-state index >= 15 is 0 Å². The summed E-state index contributed by atoms with van der Waals surface area (Å²) in [6, 6.07) is 7.99. The van der Waals surface area contributed by atoms with E-state index in [9.17, 15) is 13.6 Å². The average Bonchev–Trinajstić information content (AvgIpc) is 2.88. The number of nitrogens with zero attached hydrogens (tertiary/aromatic N) is 2. The highest BCUT2D eigenvalue weighted by molar-refractivity contribution is 6.03. The summed E-state index contributed by atoms with van der Waals surface area (Å²) in [6.45, 7) is 0.384. The van der Waals surface area contributed by atoms with Crippen molar-refractivity contribution in [3.05, 3.63) is 58.9 Å². The molecule has 0 radical (unpaired) electrons. The maximum Gasteiger partial charge on any atom is 0.387 e. The normalized spacial score (nSPS) is 18.7. The molecule has 0 bridgehead atoms. The second-order valence-electron chi connectivity index (χ2n) is 6.29. The van der Waals surface area contributed by atoms with Gasteiger partial charge in [0.05, 0.1) is 7.05 Å². The summed E-state index contributed by atoms with van der Waals surface area (Å²) >= 11 is 0. The zero-order valence-electron chi connectivity index (χ0n) is 15.6. The molecular formula is C20H19F2N4O2+. The lowest BCUT2D eigenvalue weighted by Gasteiger charge is -2.24. The van der Waals surface area contributed by atoms with Crippen molar-refractivity contribution in [2.24, 2.45) is 5.73 Å². The molecule has 1 atom stereocenters. The Morgan fingerprint density at radius 3 is 2.57 bits per heavy atom. The first-order valence-electron chi connectivity index (χ1n) is 8.43. The quantitative estimate of drug-likeness (QED) is 0.750. The third-order valence-corrected chi connectivity index (χ3v) is 4.57. The minimum atomic E-state index is -2.93. The monoisotopic (exact) mass is 385 g/mol. The molecular weight excluding hydrogens is 366 g/mol. The van der Waals surface area contributed by atoms with Crippen LogP contribution in [0.2, 0.25) is 0 Å². The van der Waals surface area contributed by atoms with E-state index in [0.29, 0.717) is 22.4 Å². The van der Waals surface area contributed by atoms with E-state index in [1.165, 1.54) is 11.0 Å². The van der Waals surface area contributed by atoms with Crippen molar-refractivity contribution in [2.45, 2.75) is 26.0 Å². The third-order valence-electron chi connectivity index (χ3n) is 4.57. The fraction of sp³-hybridized carbons (Fsp3) is 0.250. The van der Waals surface area contributed by atoms with E-state index in [1.54, 1.807) is 51.4 Å². The fourth-order valence-electron chi connectivity index (χ4n) is 3.22. The third kappa shape index (κ3) is 3.16. The number of hydrogen-bond donors (Lipinski definition) is 2. The molecule has 1 aliphatic rings. The van der Waals surface area contributed by atoms with Crippen molar-refractivity contribution in [3.8, 4) is 17.6 Å². The number of likely N-dealkylation sites (N-methyl/N-ethyl adjacent to an activating group) is 1. The minimum absolute atomic E-state index is 0.0388. The number of nitrogens with one attached hydrogen (secondary N) is 1. The molecule has 0 saturated carbocycles. The predicted octanol–water partition coefficient (Wildman–Crippen LogP) is 0.474. The molecule has 3 N–H and O–H groups in total. The Balaban J connectivity index is 2.22. The maximum atomic E-state index is 13.2. The number of hydrogen-bond acceptors (Lipinski definition) is 4. The second-order valence-corrected chi connectivity index (χ2v) is 6.29. The van der Waals surface area contributed by atoms with Crippen LogP contribution in [0.3, 0.4) is 0 Å². The molecule has 0 aliphatic carbocycles. The smallest absolute Gasteiger partial charge is 0.387 e. The van der Waals surface area contributed by atoms with Gasteiger partial charge in [0, 0.05) is 17.3 Å². The van der Waals surface area contributed by atoms with Crippen LogP contribution in [0.25, 0.3) is 0 Å². The van der Waals surface area contributed by atoms with Gasteiger partial charge in [-0.05, 0) is 49.6 Å². The maximum absolute atomic E-state index is 13.2.